The molecule has 1 aliphatic heterocycles. The average Bonchev–Trinajstić information content (AvgIpc) is 2.82. The molecule has 2 amide bonds. The van der Waals surface area contributed by atoms with Crippen LogP contribution in [0.15, 0.2) is 18.2 Å². The number of hydrogen-bond acceptors (Lipinski definition) is 4. The highest BCUT2D eigenvalue weighted by molar-refractivity contribution is 6.31. The van der Waals surface area contributed by atoms with E-state index in [-0.39, 0.29) is 18.2 Å². The highest BCUT2D eigenvalue weighted by Crippen LogP contribution is 2.22. The van der Waals surface area contributed by atoms with Crippen molar-refractivity contribution in [3.63, 3.8) is 0 Å². The van der Waals surface area contributed by atoms with E-state index in [0.717, 1.165) is 5.56 Å². The van der Waals surface area contributed by atoms with Crippen LogP contribution in [-0.4, -0.2) is 26.6 Å². The fraction of sp³-hybridized carbons (Fsp3) is 0.333. The SMILES string of the molecule is Cc1nc2n(n1)CC(CC(=O)Nc1ccc(C)c(Cl)c1)C(=O)N2. The number of carbonyl (C=O) groups is 2. The molecule has 1 atom stereocenters. The molecule has 0 radical (unpaired) electrons. The number of hydrogen-bond donors (Lipinski definition) is 2. The number of rotatable bonds is 3. The van der Waals surface area contributed by atoms with Crippen LogP contribution in [0.4, 0.5) is 11.6 Å². The van der Waals surface area contributed by atoms with E-state index in [1.807, 2.05) is 13.0 Å². The van der Waals surface area contributed by atoms with Gasteiger partial charge in [-0.3, -0.25) is 14.9 Å². The van der Waals surface area contributed by atoms with Crippen molar-refractivity contribution in [2.24, 2.45) is 5.92 Å². The fourth-order valence-electron chi connectivity index (χ4n) is 2.44. The predicted octanol–water partition coefficient (Wildman–Crippen LogP) is 2.15. The molecule has 1 aliphatic rings. The van der Waals surface area contributed by atoms with Crippen LogP contribution < -0.4 is 10.6 Å². The second kappa shape index (κ2) is 6.00. The second-order valence-electron chi connectivity index (χ2n) is 5.57. The Labute approximate surface area is 138 Å². The lowest BCUT2D eigenvalue weighted by atomic mass is 10.0. The minimum atomic E-state index is -0.482. The molecule has 0 spiro atoms. The summed E-state index contributed by atoms with van der Waals surface area (Å²) in [4.78, 5) is 28.3. The summed E-state index contributed by atoms with van der Waals surface area (Å²) in [5.41, 5.74) is 1.55. The van der Waals surface area contributed by atoms with Crippen LogP contribution in [0, 0.1) is 19.8 Å². The molecule has 0 bridgehead atoms. The van der Waals surface area contributed by atoms with E-state index in [2.05, 4.69) is 20.7 Å². The van der Waals surface area contributed by atoms with Crippen molar-refractivity contribution in [2.45, 2.75) is 26.8 Å². The largest absolute Gasteiger partial charge is 0.326 e. The Hall–Kier alpha value is -2.41. The van der Waals surface area contributed by atoms with E-state index in [4.69, 9.17) is 11.6 Å². The van der Waals surface area contributed by atoms with Crippen molar-refractivity contribution in [3.05, 3.63) is 34.6 Å². The number of nitrogens with zero attached hydrogens (tertiary/aromatic N) is 3. The Morgan fingerprint density at radius 2 is 2.26 bits per heavy atom. The zero-order valence-corrected chi connectivity index (χ0v) is 13.5. The topological polar surface area (TPSA) is 88.9 Å². The number of benzene rings is 1. The molecule has 23 heavy (non-hydrogen) atoms. The van der Waals surface area contributed by atoms with Gasteiger partial charge in [0.15, 0.2) is 0 Å². The van der Waals surface area contributed by atoms with Gasteiger partial charge >= 0.3 is 0 Å². The lowest BCUT2D eigenvalue weighted by Gasteiger charge is -2.21. The predicted molar refractivity (Wildman–Crippen MR) is 86.3 cm³/mol. The number of anilines is 2. The summed E-state index contributed by atoms with van der Waals surface area (Å²) in [5, 5.41) is 10.2. The third kappa shape index (κ3) is 3.34. The fourth-order valence-corrected chi connectivity index (χ4v) is 2.62. The Morgan fingerprint density at radius 3 is 3.00 bits per heavy atom. The van der Waals surface area contributed by atoms with Gasteiger partial charge in [-0.15, -0.1) is 0 Å². The number of aromatic nitrogens is 3. The van der Waals surface area contributed by atoms with Crippen LogP contribution in [-0.2, 0) is 16.1 Å². The maximum Gasteiger partial charge on any atom is 0.232 e. The van der Waals surface area contributed by atoms with E-state index < -0.39 is 5.92 Å². The molecule has 1 aromatic carbocycles. The van der Waals surface area contributed by atoms with Crippen molar-refractivity contribution in [3.8, 4) is 0 Å². The summed E-state index contributed by atoms with van der Waals surface area (Å²) in [6.45, 7) is 3.97. The summed E-state index contributed by atoms with van der Waals surface area (Å²) in [6, 6.07) is 5.29. The molecule has 0 fully saturated rings. The molecule has 0 aliphatic carbocycles. The van der Waals surface area contributed by atoms with Crippen LogP contribution in [0.1, 0.15) is 17.8 Å². The Kier molecular flexibility index (Phi) is 4.04. The van der Waals surface area contributed by atoms with Gasteiger partial charge in [-0.25, -0.2) is 4.68 Å². The van der Waals surface area contributed by atoms with Crippen molar-refractivity contribution < 1.29 is 9.59 Å². The first kappa shape index (κ1) is 15.5. The molecule has 2 heterocycles. The smallest absolute Gasteiger partial charge is 0.232 e. The van der Waals surface area contributed by atoms with Crippen molar-refractivity contribution >= 4 is 35.1 Å². The Morgan fingerprint density at radius 1 is 1.48 bits per heavy atom. The molecular formula is C15H16ClN5O2. The van der Waals surface area contributed by atoms with Crippen LogP contribution in [0.3, 0.4) is 0 Å². The van der Waals surface area contributed by atoms with Gasteiger partial charge in [0.2, 0.25) is 17.8 Å². The first-order valence-electron chi connectivity index (χ1n) is 7.20. The van der Waals surface area contributed by atoms with Crippen LogP contribution in [0.2, 0.25) is 5.02 Å². The minimum Gasteiger partial charge on any atom is -0.326 e. The van der Waals surface area contributed by atoms with Crippen LogP contribution in [0.25, 0.3) is 0 Å². The third-order valence-corrected chi connectivity index (χ3v) is 4.07. The number of fused-ring (bicyclic) bond motifs is 1. The van der Waals surface area contributed by atoms with Gasteiger partial charge in [0.1, 0.15) is 5.82 Å². The van der Waals surface area contributed by atoms with Gasteiger partial charge in [-0.05, 0) is 31.5 Å². The number of halogens is 1. The number of carbonyl (C=O) groups excluding carboxylic acids is 2. The number of nitrogens with one attached hydrogen (secondary N) is 2. The van der Waals surface area contributed by atoms with Crippen molar-refractivity contribution in [1.82, 2.24) is 14.8 Å². The maximum atomic E-state index is 12.2. The highest BCUT2D eigenvalue weighted by Gasteiger charge is 2.29. The summed E-state index contributed by atoms with van der Waals surface area (Å²) < 4.78 is 1.61. The molecule has 0 saturated carbocycles. The van der Waals surface area contributed by atoms with E-state index in [0.29, 0.717) is 29.0 Å². The zero-order chi connectivity index (χ0) is 16.6. The van der Waals surface area contributed by atoms with Crippen molar-refractivity contribution in [2.75, 3.05) is 10.6 Å². The first-order valence-corrected chi connectivity index (χ1v) is 7.58. The normalized spacial score (nSPS) is 16.7. The Bertz CT molecular complexity index is 786. The molecule has 120 valence electrons. The summed E-state index contributed by atoms with van der Waals surface area (Å²) >= 11 is 6.04. The van der Waals surface area contributed by atoms with Gasteiger partial charge in [-0.2, -0.15) is 10.1 Å². The molecule has 1 unspecified atom stereocenters. The third-order valence-electron chi connectivity index (χ3n) is 3.66. The summed E-state index contributed by atoms with van der Waals surface area (Å²) in [5.74, 6) is 0.0611. The molecule has 3 rings (SSSR count). The maximum absolute atomic E-state index is 12.2. The monoisotopic (exact) mass is 333 g/mol. The van der Waals surface area contributed by atoms with E-state index in [1.165, 1.54) is 0 Å². The van der Waals surface area contributed by atoms with E-state index >= 15 is 0 Å². The van der Waals surface area contributed by atoms with Gasteiger partial charge in [0, 0.05) is 17.1 Å². The number of amides is 2. The molecule has 2 aromatic rings. The van der Waals surface area contributed by atoms with Gasteiger partial charge in [0.25, 0.3) is 0 Å². The van der Waals surface area contributed by atoms with Gasteiger partial charge in [-0.1, -0.05) is 17.7 Å². The Balaban J connectivity index is 1.66. The van der Waals surface area contributed by atoms with E-state index in [1.54, 1.807) is 23.7 Å². The van der Waals surface area contributed by atoms with Crippen LogP contribution >= 0.6 is 11.6 Å². The first-order chi connectivity index (χ1) is 10.9. The lowest BCUT2D eigenvalue weighted by Crippen LogP contribution is -2.36. The lowest BCUT2D eigenvalue weighted by molar-refractivity contribution is -0.125. The van der Waals surface area contributed by atoms with Crippen molar-refractivity contribution in [1.29, 1.82) is 0 Å². The minimum absolute atomic E-state index is 0.0652. The molecular weight excluding hydrogens is 318 g/mol. The summed E-state index contributed by atoms with van der Waals surface area (Å²) in [7, 11) is 0. The van der Waals surface area contributed by atoms with E-state index in [9.17, 15) is 9.59 Å². The number of aryl methyl sites for hydroxylation is 2. The van der Waals surface area contributed by atoms with Gasteiger partial charge in [0.05, 0.1) is 12.5 Å². The highest BCUT2D eigenvalue weighted by atomic mass is 35.5. The molecule has 1 aromatic heterocycles. The summed E-state index contributed by atoms with van der Waals surface area (Å²) in [6.07, 6.45) is 0.0652. The average molecular weight is 334 g/mol. The molecule has 0 saturated heterocycles. The quantitative estimate of drug-likeness (QED) is 0.900. The molecule has 8 heteroatoms. The van der Waals surface area contributed by atoms with Gasteiger partial charge < -0.3 is 5.32 Å². The molecule has 7 nitrogen and oxygen atoms in total. The molecule has 2 N–H and O–H groups in total. The zero-order valence-electron chi connectivity index (χ0n) is 12.8. The standard InChI is InChI=1S/C15H16ClN5O2/c1-8-3-4-11(6-12(8)16)18-13(22)5-10-7-21-15(19-14(10)23)17-9(2)20-21/h3-4,6,10H,5,7H2,1-2H3,(H,18,22)(H,17,19,20,23). The second-order valence-corrected chi connectivity index (χ2v) is 5.97. The van der Waals surface area contributed by atoms with Crippen LogP contribution in [0.5, 0.6) is 0 Å².